The number of nitrogens with one attached hydrogen (secondary N) is 1. The molecule has 1 N–H and O–H groups in total. The third-order valence-corrected chi connectivity index (χ3v) is 5.49. The van der Waals surface area contributed by atoms with Gasteiger partial charge in [-0.2, -0.15) is 0 Å². The minimum absolute atomic E-state index is 0.00415. The SMILES string of the molecule is C=N/C(C)=C\C(=C/C)C(=O)N1CC2(CCNCC2)c2cc(Cl)ccc21. The Labute approximate surface area is 154 Å². The molecule has 0 unspecified atom stereocenters. The van der Waals surface area contributed by atoms with Gasteiger partial charge in [0.15, 0.2) is 0 Å². The minimum atomic E-state index is -0.00452. The Hall–Kier alpha value is -1.91. The van der Waals surface area contributed by atoms with Crippen molar-refractivity contribution in [2.24, 2.45) is 4.99 Å². The van der Waals surface area contributed by atoms with Crippen LogP contribution in [0.25, 0.3) is 0 Å². The maximum atomic E-state index is 13.2. The van der Waals surface area contributed by atoms with E-state index in [0.717, 1.165) is 42.3 Å². The van der Waals surface area contributed by atoms with Gasteiger partial charge in [0.1, 0.15) is 0 Å². The summed E-state index contributed by atoms with van der Waals surface area (Å²) in [5, 5.41) is 4.14. The Morgan fingerprint density at radius 3 is 2.76 bits per heavy atom. The van der Waals surface area contributed by atoms with Gasteiger partial charge in [0.25, 0.3) is 5.91 Å². The third-order valence-electron chi connectivity index (χ3n) is 5.26. The average Bonchev–Trinajstić information content (AvgIpc) is 2.93. The van der Waals surface area contributed by atoms with Crippen molar-refractivity contribution in [3.63, 3.8) is 0 Å². The van der Waals surface area contributed by atoms with Crippen LogP contribution in [0, 0.1) is 0 Å². The molecule has 25 heavy (non-hydrogen) atoms. The van der Waals surface area contributed by atoms with Crippen LogP contribution in [0.1, 0.15) is 32.3 Å². The van der Waals surface area contributed by atoms with E-state index in [4.69, 9.17) is 11.6 Å². The maximum absolute atomic E-state index is 13.2. The number of allylic oxidation sites excluding steroid dienone is 2. The number of hydrogen-bond donors (Lipinski definition) is 1. The fourth-order valence-electron chi connectivity index (χ4n) is 3.85. The summed E-state index contributed by atoms with van der Waals surface area (Å²) in [5.74, 6) is 0.00415. The molecule has 2 aliphatic rings. The van der Waals surface area contributed by atoms with Crippen LogP contribution < -0.4 is 10.2 Å². The molecule has 1 fully saturated rings. The van der Waals surface area contributed by atoms with Crippen LogP contribution in [-0.2, 0) is 10.2 Å². The first-order valence-corrected chi connectivity index (χ1v) is 9.02. The van der Waals surface area contributed by atoms with Crippen molar-refractivity contribution in [2.75, 3.05) is 24.5 Å². The first-order chi connectivity index (χ1) is 12.0. The largest absolute Gasteiger partial charge is 0.317 e. The zero-order chi connectivity index (χ0) is 18.0. The molecule has 1 amide bonds. The van der Waals surface area contributed by atoms with Gasteiger partial charge in [0, 0.05) is 33.9 Å². The van der Waals surface area contributed by atoms with Gasteiger partial charge in [-0.05, 0) is 76.3 Å². The van der Waals surface area contributed by atoms with E-state index in [1.807, 2.05) is 43.0 Å². The Kier molecular flexibility index (Phi) is 5.11. The van der Waals surface area contributed by atoms with E-state index in [9.17, 15) is 4.79 Å². The fourth-order valence-corrected chi connectivity index (χ4v) is 4.02. The highest BCUT2D eigenvalue weighted by Crippen LogP contribution is 2.47. The van der Waals surface area contributed by atoms with Crippen LogP contribution in [-0.4, -0.2) is 32.3 Å². The predicted molar refractivity (Wildman–Crippen MR) is 105 cm³/mol. The monoisotopic (exact) mass is 357 g/mol. The van der Waals surface area contributed by atoms with Gasteiger partial charge >= 0.3 is 0 Å². The van der Waals surface area contributed by atoms with Crippen LogP contribution in [0.2, 0.25) is 5.02 Å². The summed E-state index contributed by atoms with van der Waals surface area (Å²) >= 11 is 6.27. The zero-order valence-electron chi connectivity index (χ0n) is 14.8. The van der Waals surface area contributed by atoms with Gasteiger partial charge in [0.05, 0.1) is 0 Å². The molecule has 1 spiro atoms. The lowest BCUT2D eigenvalue weighted by Gasteiger charge is -2.34. The standard InChI is InChI=1S/C20H24ClN3O/c1-4-15(11-14(2)22-3)19(25)24-13-20(7-9-23-10-8-20)17-12-16(21)5-6-18(17)24/h4-6,11-12,23H,3,7-10,13H2,1-2H3/b14-11-,15-4+. The summed E-state index contributed by atoms with van der Waals surface area (Å²) in [6.45, 7) is 9.87. The molecule has 5 heteroatoms. The van der Waals surface area contributed by atoms with E-state index < -0.39 is 0 Å². The Bertz CT molecular complexity index is 760. The van der Waals surface area contributed by atoms with Crippen molar-refractivity contribution in [3.05, 3.63) is 52.2 Å². The minimum Gasteiger partial charge on any atom is -0.317 e. The first kappa shape index (κ1) is 17.9. The topological polar surface area (TPSA) is 44.7 Å². The number of carbonyl (C=O) groups excluding carboxylic acids is 1. The van der Waals surface area contributed by atoms with Crippen molar-refractivity contribution in [2.45, 2.75) is 32.1 Å². The molecule has 1 aromatic carbocycles. The highest BCUT2D eigenvalue weighted by molar-refractivity contribution is 6.30. The van der Waals surface area contributed by atoms with Crippen LogP contribution in [0.4, 0.5) is 5.69 Å². The number of benzene rings is 1. The zero-order valence-corrected chi connectivity index (χ0v) is 15.6. The number of anilines is 1. The van der Waals surface area contributed by atoms with E-state index in [0.29, 0.717) is 12.1 Å². The lowest BCUT2D eigenvalue weighted by molar-refractivity contribution is -0.114. The molecule has 0 aromatic heterocycles. The van der Waals surface area contributed by atoms with Crippen molar-refractivity contribution in [1.82, 2.24) is 5.32 Å². The van der Waals surface area contributed by atoms with Crippen LogP contribution in [0.15, 0.2) is 46.6 Å². The molecule has 0 aliphatic carbocycles. The number of fused-ring (bicyclic) bond motifs is 2. The number of halogens is 1. The molecule has 0 atom stereocenters. The second kappa shape index (κ2) is 7.14. The molecule has 2 heterocycles. The number of nitrogens with zero attached hydrogens (tertiary/aromatic N) is 2. The van der Waals surface area contributed by atoms with Crippen LogP contribution in [0.3, 0.4) is 0 Å². The van der Waals surface area contributed by atoms with Gasteiger partial charge in [-0.15, -0.1) is 0 Å². The van der Waals surface area contributed by atoms with Gasteiger partial charge in [0.2, 0.25) is 0 Å². The van der Waals surface area contributed by atoms with E-state index in [2.05, 4.69) is 17.0 Å². The second-order valence-corrected chi connectivity index (χ2v) is 7.21. The average molecular weight is 358 g/mol. The highest BCUT2D eigenvalue weighted by atomic mass is 35.5. The van der Waals surface area contributed by atoms with Crippen molar-refractivity contribution in [1.29, 1.82) is 0 Å². The normalized spacial score (nSPS) is 19.9. The Morgan fingerprint density at radius 1 is 1.40 bits per heavy atom. The number of carbonyl (C=O) groups is 1. The predicted octanol–water partition coefficient (Wildman–Crippen LogP) is 3.86. The molecule has 1 saturated heterocycles. The Balaban J connectivity index is 2.01. The number of aliphatic imine (C=N–C) groups is 1. The first-order valence-electron chi connectivity index (χ1n) is 8.65. The van der Waals surface area contributed by atoms with Crippen molar-refractivity contribution in [3.8, 4) is 0 Å². The van der Waals surface area contributed by atoms with Gasteiger partial charge < -0.3 is 10.2 Å². The van der Waals surface area contributed by atoms with Crippen molar-refractivity contribution >= 4 is 29.9 Å². The summed E-state index contributed by atoms with van der Waals surface area (Å²) in [4.78, 5) is 19.0. The molecule has 0 saturated carbocycles. The maximum Gasteiger partial charge on any atom is 0.258 e. The van der Waals surface area contributed by atoms with E-state index in [-0.39, 0.29) is 11.3 Å². The van der Waals surface area contributed by atoms with Crippen LogP contribution >= 0.6 is 11.6 Å². The second-order valence-electron chi connectivity index (χ2n) is 6.77. The summed E-state index contributed by atoms with van der Waals surface area (Å²) < 4.78 is 0. The highest BCUT2D eigenvalue weighted by Gasteiger charge is 2.45. The molecule has 2 aliphatic heterocycles. The van der Waals surface area contributed by atoms with Crippen LogP contribution in [0.5, 0.6) is 0 Å². The van der Waals surface area contributed by atoms with E-state index in [1.54, 1.807) is 6.08 Å². The molecule has 132 valence electrons. The number of rotatable bonds is 3. The quantitative estimate of drug-likeness (QED) is 0.507. The molecule has 4 nitrogen and oxygen atoms in total. The van der Waals surface area contributed by atoms with E-state index >= 15 is 0 Å². The summed E-state index contributed by atoms with van der Waals surface area (Å²) in [7, 11) is 0. The molecule has 0 radical (unpaired) electrons. The number of hydrogen-bond acceptors (Lipinski definition) is 3. The summed E-state index contributed by atoms with van der Waals surface area (Å²) in [6, 6.07) is 5.88. The summed E-state index contributed by atoms with van der Waals surface area (Å²) in [6.07, 6.45) is 5.65. The molecular formula is C20H24ClN3O. The van der Waals surface area contributed by atoms with E-state index in [1.165, 1.54) is 5.56 Å². The lowest BCUT2D eigenvalue weighted by Crippen LogP contribution is -2.44. The fraction of sp³-hybridized carbons (Fsp3) is 0.400. The lowest BCUT2D eigenvalue weighted by atomic mass is 9.75. The van der Waals surface area contributed by atoms with Crippen molar-refractivity contribution < 1.29 is 4.79 Å². The van der Waals surface area contributed by atoms with Gasteiger partial charge in [-0.25, -0.2) is 0 Å². The van der Waals surface area contributed by atoms with Gasteiger partial charge in [-0.3, -0.25) is 9.79 Å². The number of piperidine rings is 1. The smallest absolute Gasteiger partial charge is 0.258 e. The molecule has 1 aromatic rings. The molecule has 3 rings (SSSR count). The molecule has 0 bridgehead atoms. The van der Waals surface area contributed by atoms with Gasteiger partial charge in [-0.1, -0.05) is 17.7 Å². The number of amides is 1. The summed E-state index contributed by atoms with van der Waals surface area (Å²) in [5.41, 5.74) is 3.54. The molecular weight excluding hydrogens is 334 g/mol. The third kappa shape index (κ3) is 3.29. The Morgan fingerprint density at radius 2 is 2.12 bits per heavy atom.